The van der Waals surface area contributed by atoms with Crippen LogP contribution in [0.2, 0.25) is 0 Å². The van der Waals surface area contributed by atoms with Crippen LogP contribution in [-0.2, 0) is 0 Å². The molecule has 0 amide bonds. The minimum absolute atomic E-state index is 0.714. The lowest BCUT2D eigenvalue weighted by Gasteiger charge is -2.11. The van der Waals surface area contributed by atoms with Crippen LogP contribution in [0.3, 0.4) is 0 Å². The Morgan fingerprint density at radius 1 is 0.314 bits per heavy atom. The highest BCUT2D eigenvalue weighted by Gasteiger charge is 2.17. The van der Waals surface area contributed by atoms with Gasteiger partial charge in [-0.25, -0.2) is 9.97 Å². The van der Waals surface area contributed by atoms with E-state index in [-0.39, 0.29) is 0 Å². The van der Waals surface area contributed by atoms with E-state index < -0.39 is 0 Å². The molecule has 8 aromatic carbocycles. The van der Waals surface area contributed by atoms with Crippen LogP contribution in [0.5, 0.6) is 0 Å². The van der Waals surface area contributed by atoms with Crippen LogP contribution in [0.15, 0.2) is 182 Å². The van der Waals surface area contributed by atoms with E-state index in [9.17, 15) is 0 Å². The average molecular weight is 667 g/mol. The third-order valence-corrected chi connectivity index (χ3v) is 11.2. The number of nitrogens with zero attached hydrogens (tertiary/aromatic N) is 2. The van der Waals surface area contributed by atoms with Crippen LogP contribution in [0.4, 0.5) is 0 Å². The topological polar surface area (TPSA) is 25.8 Å². The average Bonchev–Trinajstić information content (AvgIpc) is 3.62. The largest absolute Gasteiger partial charge is 0.228 e. The van der Waals surface area contributed by atoms with Gasteiger partial charge in [-0.15, -0.1) is 11.3 Å². The zero-order valence-corrected chi connectivity index (χ0v) is 28.4. The minimum atomic E-state index is 0.714. The van der Waals surface area contributed by atoms with Crippen LogP contribution in [0.25, 0.3) is 97.9 Å². The van der Waals surface area contributed by atoms with Crippen molar-refractivity contribution in [2.75, 3.05) is 0 Å². The van der Waals surface area contributed by atoms with Crippen molar-refractivity contribution in [3.05, 3.63) is 182 Å². The van der Waals surface area contributed by atoms with Crippen molar-refractivity contribution in [1.82, 2.24) is 9.97 Å². The predicted octanol–water partition coefficient (Wildman–Crippen LogP) is 13.5. The Bertz CT molecular complexity index is 2890. The molecule has 0 unspecified atom stereocenters. The molecule has 10 rings (SSSR count). The Morgan fingerprint density at radius 3 is 1.57 bits per heavy atom. The Labute approximate surface area is 300 Å². The van der Waals surface area contributed by atoms with Crippen LogP contribution in [-0.4, -0.2) is 9.97 Å². The van der Waals surface area contributed by atoms with Crippen molar-refractivity contribution in [2.45, 2.75) is 0 Å². The smallest absolute Gasteiger partial charge is 0.160 e. The van der Waals surface area contributed by atoms with Crippen molar-refractivity contribution < 1.29 is 0 Å². The highest BCUT2D eigenvalue weighted by atomic mass is 32.1. The summed E-state index contributed by atoms with van der Waals surface area (Å²) in [6.45, 7) is 0. The van der Waals surface area contributed by atoms with Crippen LogP contribution >= 0.6 is 11.3 Å². The fraction of sp³-hybridized carbons (Fsp3) is 0. The second-order valence-corrected chi connectivity index (χ2v) is 14.0. The second-order valence-electron chi connectivity index (χ2n) is 12.9. The van der Waals surface area contributed by atoms with Gasteiger partial charge in [0.05, 0.1) is 11.4 Å². The summed E-state index contributed by atoms with van der Waals surface area (Å²) in [6.07, 6.45) is 0. The number of benzene rings is 8. The molecule has 238 valence electrons. The van der Waals surface area contributed by atoms with Gasteiger partial charge in [-0.05, 0) is 50.5 Å². The lowest BCUT2D eigenvalue weighted by molar-refractivity contribution is 1.18. The summed E-state index contributed by atoms with van der Waals surface area (Å²) in [7, 11) is 0. The maximum atomic E-state index is 5.16. The van der Waals surface area contributed by atoms with E-state index in [2.05, 4.69) is 158 Å². The SMILES string of the molecule is c1ccc(-c2ccc(-c3cc(-c4cccc(-c5cccc6c5sc5c7ccccc7c7ccccc7c65)c4)nc(-c4ccccc4)n3)cc2)cc1. The van der Waals surface area contributed by atoms with E-state index in [1.807, 2.05) is 35.6 Å². The molecule has 10 aromatic rings. The van der Waals surface area contributed by atoms with Gasteiger partial charge in [-0.3, -0.25) is 0 Å². The van der Waals surface area contributed by atoms with Gasteiger partial charge in [-0.2, -0.15) is 0 Å². The van der Waals surface area contributed by atoms with Crippen molar-refractivity contribution >= 4 is 53.1 Å². The van der Waals surface area contributed by atoms with Crippen molar-refractivity contribution in [3.63, 3.8) is 0 Å². The Kier molecular flexibility index (Phi) is 7.04. The molecule has 0 saturated carbocycles. The first-order valence-corrected chi connectivity index (χ1v) is 18.1. The number of rotatable bonds is 5. The maximum absolute atomic E-state index is 5.16. The summed E-state index contributed by atoms with van der Waals surface area (Å²) in [6, 6.07) is 64.8. The van der Waals surface area contributed by atoms with Crippen molar-refractivity contribution in [2.24, 2.45) is 0 Å². The van der Waals surface area contributed by atoms with Gasteiger partial charge < -0.3 is 0 Å². The standard InChI is InChI=1S/C48H30N2S/c1-3-13-31(14-4-1)32-25-27-33(28-26-32)43-30-44(50-48(49-43)34-15-5-2-6-16-34)36-18-11-17-35(29-36)37-23-12-24-42-45-40-21-9-7-19-38(40)39-20-8-10-22-41(39)47(45)51-46(37)42/h1-30H. The summed E-state index contributed by atoms with van der Waals surface area (Å²) in [5, 5.41) is 7.87. The molecule has 2 aromatic heterocycles. The summed E-state index contributed by atoms with van der Waals surface area (Å²) in [4.78, 5) is 10.2. The zero-order valence-electron chi connectivity index (χ0n) is 27.6. The summed E-state index contributed by atoms with van der Waals surface area (Å²) < 4.78 is 2.65. The molecule has 0 aliphatic carbocycles. The third kappa shape index (κ3) is 5.10. The number of thiophene rings is 1. The maximum Gasteiger partial charge on any atom is 0.160 e. The monoisotopic (exact) mass is 666 g/mol. The van der Waals surface area contributed by atoms with Crippen LogP contribution < -0.4 is 0 Å². The molecule has 0 spiro atoms. The highest BCUT2D eigenvalue weighted by Crippen LogP contribution is 2.47. The number of hydrogen-bond donors (Lipinski definition) is 0. The minimum Gasteiger partial charge on any atom is -0.228 e. The molecule has 0 aliphatic heterocycles. The van der Waals surface area contributed by atoms with E-state index in [1.165, 1.54) is 64.0 Å². The molecule has 2 nitrogen and oxygen atoms in total. The first kappa shape index (κ1) is 29.5. The summed E-state index contributed by atoms with van der Waals surface area (Å²) >= 11 is 1.90. The molecule has 0 aliphatic rings. The summed E-state index contributed by atoms with van der Waals surface area (Å²) in [5.74, 6) is 0.714. The van der Waals surface area contributed by atoms with E-state index in [1.54, 1.807) is 0 Å². The number of hydrogen-bond acceptors (Lipinski definition) is 3. The quantitative estimate of drug-likeness (QED) is 0.171. The Hall–Kier alpha value is -6.42. The molecule has 0 saturated heterocycles. The van der Waals surface area contributed by atoms with Crippen LogP contribution in [0.1, 0.15) is 0 Å². The van der Waals surface area contributed by atoms with E-state index in [4.69, 9.17) is 9.97 Å². The molecule has 0 N–H and O–H groups in total. The number of fused-ring (bicyclic) bond motifs is 8. The Morgan fingerprint density at radius 2 is 0.824 bits per heavy atom. The number of aromatic nitrogens is 2. The molecule has 0 bridgehead atoms. The van der Waals surface area contributed by atoms with Gasteiger partial charge in [0.15, 0.2) is 5.82 Å². The molecule has 0 radical (unpaired) electrons. The first-order valence-electron chi connectivity index (χ1n) is 17.2. The molecule has 0 atom stereocenters. The predicted molar refractivity (Wildman–Crippen MR) is 217 cm³/mol. The fourth-order valence-corrected chi connectivity index (χ4v) is 8.81. The first-order chi connectivity index (χ1) is 25.3. The third-order valence-electron chi connectivity index (χ3n) is 9.89. The molecule has 2 heterocycles. The lowest BCUT2D eigenvalue weighted by atomic mass is 9.95. The second kappa shape index (κ2) is 12.2. The van der Waals surface area contributed by atoms with Crippen molar-refractivity contribution in [3.8, 4) is 56.2 Å². The van der Waals surface area contributed by atoms with Crippen molar-refractivity contribution in [1.29, 1.82) is 0 Å². The van der Waals surface area contributed by atoms with E-state index in [0.29, 0.717) is 5.82 Å². The van der Waals surface area contributed by atoms with Crippen LogP contribution in [0, 0.1) is 0 Å². The van der Waals surface area contributed by atoms with Gasteiger partial charge >= 0.3 is 0 Å². The highest BCUT2D eigenvalue weighted by molar-refractivity contribution is 7.27. The normalized spacial score (nSPS) is 11.5. The lowest BCUT2D eigenvalue weighted by Crippen LogP contribution is -1.96. The molecule has 51 heavy (non-hydrogen) atoms. The molecule has 0 fully saturated rings. The molecular weight excluding hydrogens is 637 g/mol. The van der Waals surface area contributed by atoms with E-state index >= 15 is 0 Å². The summed E-state index contributed by atoms with van der Waals surface area (Å²) in [5.41, 5.74) is 9.69. The van der Waals surface area contributed by atoms with Gasteiger partial charge in [-0.1, -0.05) is 170 Å². The van der Waals surface area contributed by atoms with Gasteiger partial charge in [0.2, 0.25) is 0 Å². The van der Waals surface area contributed by atoms with E-state index in [0.717, 1.165) is 28.1 Å². The molecule has 3 heteroatoms. The molecular formula is C48H30N2S. The zero-order chi connectivity index (χ0) is 33.7. The van der Waals surface area contributed by atoms with Gasteiger partial charge in [0, 0.05) is 42.2 Å². The Balaban J connectivity index is 1.13. The van der Waals surface area contributed by atoms with Gasteiger partial charge in [0.25, 0.3) is 0 Å². The van der Waals surface area contributed by atoms with Gasteiger partial charge in [0.1, 0.15) is 0 Å². The fourth-order valence-electron chi connectivity index (χ4n) is 7.43.